The van der Waals surface area contributed by atoms with Crippen molar-refractivity contribution >= 4 is 24.0 Å². The molecule has 4 heteroatoms. The minimum absolute atomic E-state index is 0. The molecule has 0 fully saturated rings. The molecule has 2 nitrogen and oxygen atoms in total. The summed E-state index contributed by atoms with van der Waals surface area (Å²) < 4.78 is 0. The van der Waals surface area contributed by atoms with E-state index in [-0.39, 0.29) is 18.4 Å². The van der Waals surface area contributed by atoms with Crippen molar-refractivity contribution in [1.82, 2.24) is 4.98 Å². The van der Waals surface area contributed by atoms with E-state index in [0.717, 1.165) is 18.4 Å². The number of nitrogens with zero attached hydrogens (tertiary/aromatic N) is 1. The van der Waals surface area contributed by atoms with E-state index in [0.29, 0.717) is 11.1 Å². The smallest absolute Gasteiger partial charge is 0.133 e. The van der Waals surface area contributed by atoms with Crippen LogP contribution < -0.4 is 5.73 Å². The van der Waals surface area contributed by atoms with Crippen LogP contribution in [0.5, 0.6) is 0 Å². The zero-order valence-corrected chi connectivity index (χ0v) is 10.7. The van der Waals surface area contributed by atoms with E-state index in [9.17, 15) is 0 Å². The first-order chi connectivity index (χ1) is 6.61. The highest BCUT2D eigenvalue weighted by Gasteiger charge is 2.10. The molecule has 0 radical (unpaired) electrons. The van der Waals surface area contributed by atoms with Crippen LogP contribution >= 0.6 is 24.0 Å². The first-order valence-corrected chi connectivity index (χ1v) is 5.35. The van der Waals surface area contributed by atoms with E-state index in [2.05, 4.69) is 18.8 Å². The number of halogens is 2. The minimum Gasteiger partial charge on any atom is -0.324 e. The second kappa shape index (κ2) is 7.04. The van der Waals surface area contributed by atoms with E-state index in [1.54, 1.807) is 6.20 Å². The summed E-state index contributed by atoms with van der Waals surface area (Å²) in [5.41, 5.74) is 6.97. The maximum Gasteiger partial charge on any atom is 0.133 e. The van der Waals surface area contributed by atoms with Gasteiger partial charge in [-0.15, -0.1) is 12.4 Å². The third-order valence-corrected chi connectivity index (χ3v) is 2.56. The van der Waals surface area contributed by atoms with Gasteiger partial charge in [-0.3, -0.25) is 0 Å². The van der Waals surface area contributed by atoms with Gasteiger partial charge in [0.25, 0.3) is 0 Å². The molecule has 0 amide bonds. The Morgan fingerprint density at radius 1 is 1.40 bits per heavy atom. The van der Waals surface area contributed by atoms with E-state index in [4.69, 9.17) is 17.3 Å². The maximum absolute atomic E-state index is 6.02. The summed E-state index contributed by atoms with van der Waals surface area (Å²) >= 11 is 5.94. The second-order valence-corrected chi connectivity index (χ2v) is 4.32. The van der Waals surface area contributed by atoms with Crippen LogP contribution in [-0.4, -0.2) is 4.98 Å². The van der Waals surface area contributed by atoms with Gasteiger partial charge in [0.05, 0.1) is 0 Å². The maximum atomic E-state index is 6.02. The van der Waals surface area contributed by atoms with Crippen LogP contribution in [0.4, 0.5) is 0 Å². The molecule has 0 aliphatic heterocycles. The quantitative estimate of drug-likeness (QED) is 0.828. The highest BCUT2D eigenvalue weighted by molar-refractivity contribution is 6.30. The van der Waals surface area contributed by atoms with Crippen LogP contribution in [0.1, 0.15) is 38.3 Å². The Kier molecular flexibility index (Phi) is 6.90. The zero-order chi connectivity index (χ0) is 10.6. The third-order valence-electron chi connectivity index (χ3n) is 2.24. The molecule has 86 valence electrons. The van der Waals surface area contributed by atoms with Gasteiger partial charge in [-0.2, -0.15) is 0 Å². The summed E-state index contributed by atoms with van der Waals surface area (Å²) in [6, 6.07) is 3.83. The average molecular weight is 249 g/mol. The van der Waals surface area contributed by atoms with Gasteiger partial charge in [0.1, 0.15) is 5.15 Å². The second-order valence-electron chi connectivity index (χ2n) is 3.96. The summed E-state index contributed by atoms with van der Waals surface area (Å²) in [6.45, 7) is 4.38. The molecule has 1 aromatic heterocycles. The van der Waals surface area contributed by atoms with Gasteiger partial charge in [-0.25, -0.2) is 4.98 Å². The van der Waals surface area contributed by atoms with E-state index in [1.807, 2.05) is 12.1 Å². The number of hydrogen-bond acceptors (Lipinski definition) is 2. The first kappa shape index (κ1) is 14.7. The monoisotopic (exact) mass is 248 g/mol. The third kappa shape index (κ3) is 4.83. The molecule has 1 rings (SSSR count). The largest absolute Gasteiger partial charge is 0.324 e. The van der Waals surface area contributed by atoms with Gasteiger partial charge in [-0.1, -0.05) is 31.5 Å². The number of pyridine rings is 1. The molecule has 0 aliphatic carbocycles. The van der Waals surface area contributed by atoms with E-state index < -0.39 is 0 Å². The molecule has 0 aliphatic rings. The Bertz CT molecular complexity index is 290. The molecule has 1 aromatic rings. The predicted octanol–water partition coefficient (Wildman–Crippen LogP) is 3.59. The fraction of sp³-hybridized carbons (Fsp3) is 0.545. The van der Waals surface area contributed by atoms with Gasteiger partial charge < -0.3 is 5.73 Å². The Labute approximate surface area is 103 Å². The van der Waals surface area contributed by atoms with Gasteiger partial charge in [0.15, 0.2) is 0 Å². The lowest BCUT2D eigenvalue weighted by atomic mass is 9.99. The molecule has 0 saturated carbocycles. The topological polar surface area (TPSA) is 38.9 Å². The molecular weight excluding hydrogens is 231 g/mol. The standard InChI is InChI=1S/C11H17ClN2.ClH/c1-8(2)5-6-10(13)9-4-3-7-14-11(9)12;/h3-4,7-8,10H,5-6,13H2,1-2H3;1H/t10-;/m0./s1. The summed E-state index contributed by atoms with van der Waals surface area (Å²) in [5.74, 6) is 0.677. The van der Waals surface area contributed by atoms with Crippen LogP contribution in [-0.2, 0) is 0 Å². The Morgan fingerprint density at radius 2 is 2.07 bits per heavy atom. The molecule has 1 heterocycles. The van der Waals surface area contributed by atoms with Crippen molar-refractivity contribution in [3.05, 3.63) is 29.0 Å². The highest BCUT2D eigenvalue weighted by atomic mass is 35.5. The predicted molar refractivity (Wildman–Crippen MR) is 67.5 cm³/mol. The van der Waals surface area contributed by atoms with Crippen molar-refractivity contribution < 1.29 is 0 Å². The number of aromatic nitrogens is 1. The Hall–Kier alpha value is -0.310. The van der Waals surface area contributed by atoms with Crippen molar-refractivity contribution in [3.8, 4) is 0 Å². The van der Waals surface area contributed by atoms with Crippen LogP contribution in [0.3, 0.4) is 0 Å². The minimum atomic E-state index is 0. The summed E-state index contributed by atoms with van der Waals surface area (Å²) in [4.78, 5) is 4.01. The van der Waals surface area contributed by atoms with Crippen molar-refractivity contribution in [2.75, 3.05) is 0 Å². The van der Waals surface area contributed by atoms with Gasteiger partial charge in [0, 0.05) is 17.8 Å². The normalized spacial score (nSPS) is 12.3. The van der Waals surface area contributed by atoms with Crippen molar-refractivity contribution in [3.63, 3.8) is 0 Å². The molecular formula is C11H18Cl2N2. The molecule has 0 spiro atoms. The van der Waals surface area contributed by atoms with Crippen LogP contribution in [0.15, 0.2) is 18.3 Å². The SMILES string of the molecule is CC(C)CC[C@H](N)c1cccnc1Cl.Cl. The van der Waals surface area contributed by atoms with Crippen LogP contribution in [0.25, 0.3) is 0 Å². The van der Waals surface area contributed by atoms with Crippen LogP contribution in [0.2, 0.25) is 5.15 Å². The summed E-state index contributed by atoms with van der Waals surface area (Å²) in [6.07, 6.45) is 3.76. The van der Waals surface area contributed by atoms with E-state index in [1.165, 1.54) is 0 Å². The Balaban J connectivity index is 0.00000196. The van der Waals surface area contributed by atoms with Gasteiger partial charge in [-0.05, 0) is 24.8 Å². The van der Waals surface area contributed by atoms with Crippen LogP contribution in [0, 0.1) is 5.92 Å². The molecule has 0 unspecified atom stereocenters. The lowest BCUT2D eigenvalue weighted by Crippen LogP contribution is -2.12. The highest BCUT2D eigenvalue weighted by Crippen LogP contribution is 2.23. The first-order valence-electron chi connectivity index (χ1n) is 4.97. The molecule has 1 atom stereocenters. The molecule has 0 saturated heterocycles. The number of hydrogen-bond donors (Lipinski definition) is 1. The Morgan fingerprint density at radius 3 is 2.60 bits per heavy atom. The lowest BCUT2D eigenvalue weighted by molar-refractivity contribution is 0.506. The molecule has 2 N–H and O–H groups in total. The molecule has 15 heavy (non-hydrogen) atoms. The van der Waals surface area contributed by atoms with E-state index >= 15 is 0 Å². The van der Waals surface area contributed by atoms with Gasteiger partial charge in [0.2, 0.25) is 0 Å². The fourth-order valence-electron chi connectivity index (χ4n) is 1.34. The summed E-state index contributed by atoms with van der Waals surface area (Å²) in [7, 11) is 0. The van der Waals surface area contributed by atoms with Crippen molar-refractivity contribution in [2.45, 2.75) is 32.7 Å². The molecule has 0 bridgehead atoms. The number of rotatable bonds is 4. The fourth-order valence-corrected chi connectivity index (χ4v) is 1.60. The van der Waals surface area contributed by atoms with Crippen molar-refractivity contribution in [2.24, 2.45) is 11.7 Å². The number of nitrogens with two attached hydrogens (primary N) is 1. The summed E-state index contributed by atoms with van der Waals surface area (Å²) in [5, 5.41) is 0.531. The lowest BCUT2D eigenvalue weighted by Gasteiger charge is -2.13. The van der Waals surface area contributed by atoms with Crippen molar-refractivity contribution in [1.29, 1.82) is 0 Å². The van der Waals surface area contributed by atoms with Gasteiger partial charge >= 0.3 is 0 Å². The molecule has 0 aromatic carbocycles. The zero-order valence-electron chi connectivity index (χ0n) is 9.11. The average Bonchev–Trinajstić information content (AvgIpc) is 2.15.